The third-order valence-corrected chi connectivity index (χ3v) is 6.60. The number of nitrogens with zero attached hydrogens (tertiary/aromatic N) is 7. The van der Waals surface area contributed by atoms with Crippen molar-refractivity contribution in [2.75, 3.05) is 12.8 Å². The maximum atomic E-state index is 13.0. The van der Waals surface area contributed by atoms with E-state index >= 15 is 0 Å². The van der Waals surface area contributed by atoms with Gasteiger partial charge < -0.3 is 4.90 Å². The first kappa shape index (κ1) is 23.5. The molecule has 0 aliphatic carbocycles. The Morgan fingerprint density at radius 1 is 0.944 bits per heavy atom. The molecule has 3 aromatic heterocycles. The normalized spacial score (nSPS) is 10.9. The minimum atomic E-state index is -0.00335. The molecule has 3 heterocycles. The van der Waals surface area contributed by atoms with Crippen LogP contribution in [0.5, 0.6) is 0 Å². The first-order chi connectivity index (χ1) is 17.6. The van der Waals surface area contributed by atoms with E-state index in [0.717, 1.165) is 22.5 Å². The van der Waals surface area contributed by atoms with Gasteiger partial charge in [-0.15, -0.1) is 10.2 Å². The van der Waals surface area contributed by atoms with Crippen LogP contribution in [0.4, 0.5) is 0 Å². The molecule has 0 radical (unpaired) electrons. The molecule has 0 aliphatic heterocycles. The van der Waals surface area contributed by atoms with E-state index in [4.69, 9.17) is 0 Å². The maximum Gasteiger partial charge on any atom is 0.233 e. The van der Waals surface area contributed by atoms with Crippen molar-refractivity contribution < 1.29 is 4.79 Å². The van der Waals surface area contributed by atoms with Crippen LogP contribution in [0.3, 0.4) is 0 Å². The van der Waals surface area contributed by atoms with E-state index in [0.29, 0.717) is 17.5 Å². The number of pyridine rings is 1. The number of thioether (sulfide) groups is 1. The molecule has 0 spiro atoms. The monoisotopic (exact) mass is 495 g/mol. The van der Waals surface area contributed by atoms with Gasteiger partial charge in [0.2, 0.25) is 5.91 Å². The van der Waals surface area contributed by atoms with E-state index in [9.17, 15) is 4.79 Å². The predicted octanol–water partition coefficient (Wildman–Crippen LogP) is 4.57. The minimum Gasteiger partial charge on any atom is -0.341 e. The molecule has 0 bridgehead atoms. The lowest BCUT2D eigenvalue weighted by Gasteiger charge is -2.16. The van der Waals surface area contributed by atoms with Crippen molar-refractivity contribution in [1.29, 1.82) is 0 Å². The fraction of sp³-hybridized carbons (Fsp3) is 0.148. The predicted molar refractivity (Wildman–Crippen MR) is 140 cm³/mol. The Bertz CT molecular complexity index is 1450. The summed E-state index contributed by atoms with van der Waals surface area (Å²) < 4.78 is 3.80. The summed E-state index contributed by atoms with van der Waals surface area (Å²) in [5.41, 5.74) is 4.95. The van der Waals surface area contributed by atoms with Gasteiger partial charge in [0.1, 0.15) is 0 Å². The molecule has 0 N–H and O–H groups in total. The van der Waals surface area contributed by atoms with Gasteiger partial charge in [-0.3, -0.25) is 14.3 Å². The second-order valence-electron chi connectivity index (χ2n) is 8.38. The van der Waals surface area contributed by atoms with E-state index in [1.807, 2.05) is 77.0 Å². The van der Waals surface area contributed by atoms with Gasteiger partial charge in [0, 0.05) is 49.0 Å². The number of carbonyl (C=O) groups excluding carboxylic acids is 1. The van der Waals surface area contributed by atoms with Crippen molar-refractivity contribution in [3.05, 3.63) is 103 Å². The summed E-state index contributed by atoms with van der Waals surface area (Å²) in [7, 11) is 1.80. The van der Waals surface area contributed by atoms with Crippen LogP contribution in [0, 0.1) is 6.92 Å². The van der Waals surface area contributed by atoms with E-state index < -0.39 is 0 Å². The van der Waals surface area contributed by atoms with Gasteiger partial charge in [-0.1, -0.05) is 47.7 Å². The first-order valence-corrected chi connectivity index (χ1v) is 12.5. The lowest BCUT2D eigenvalue weighted by molar-refractivity contribution is -0.127. The minimum absolute atomic E-state index is 0.00335. The summed E-state index contributed by atoms with van der Waals surface area (Å²) in [6.45, 7) is 2.52. The number of hydrogen-bond acceptors (Lipinski definition) is 6. The Morgan fingerprint density at radius 3 is 2.44 bits per heavy atom. The largest absolute Gasteiger partial charge is 0.341 e. The highest BCUT2D eigenvalue weighted by Gasteiger charge is 2.19. The summed E-state index contributed by atoms with van der Waals surface area (Å²) >= 11 is 1.37. The third-order valence-electron chi connectivity index (χ3n) is 5.69. The van der Waals surface area contributed by atoms with Gasteiger partial charge in [-0.05, 0) is 43.3 Å². The van der Waals surface area contributed by atoms with Crippen LogP contribution < -0.4 is 0 Å². The average molecular weight is 496 g/mol. The van der Waals surface area contributed by atoms with E-state index in [1.54, 1.807) is 30.5 Å². The van der Waals surface area contributed by atoms with Crippen LogP contribution in [0.25, 0.3) is 22.8 Å². The zero-order valence-electron chi connectivity index (χ0n) is 20.0. The Labute approximate surface area is 213 Å². The SMILES string of the molecule is Cc1ccc(-n2c(SCC(=O)N(C)Cc3cnn(-c4ccccc4)c3)nnc2-c2ccncc2)cc1. The highest BCUT2D eigenvalue weighted by molar-refractivity contribution is 7.99. The second-order valence-corrected chi connectivity index (χ2v) is 9.32. The summed E-state index contributed by atoms with van der Waals surface area (Å²) in [6, 6.07) is 21.9. The third kappa shape index (κ3) is 5.21. The van der Waals surface area contributed by atoms with Gasteiger partial charge >= 0.3 is 0 Å². The molecule has 0 aliphatic rings. The summed E-state index contributed by atoms with van der Waals surface area (Å²) in [5.74, 6) is 0.943. The Morgan fingerprint density at radius 2 is 1.69 bits per heavy atom. The van der Waals surface area contributed by atoms with Crippen LogP contribution in [-0.4, -0.2) is 53.1 Å². The summed E-state index contributed by atoms with van der Waals surface area (Å²) in [4.78, 5) is 18.8. The molecule has 0 fully saturated rings. The van der Waals surface area contributed by atoms with E-state index in [-0.39, 0.29) is 11.7 Å². The van der Waals surface area contributed by atoms with Crippen molar-refractivity contribution in [2.24, 2.45) is 0 Å². The number of para-hydroxylation sites is 1. The zero-order valence-corrected chi connectivity index (χ0v) is 20.8. The molecule has 0 saturated carbocycles. The van der Waals surface area contributed by atoms with Crippen molar-refractivity contribution in [2.45, 2.75) is 18.6 Å². The second kappa shape index (κ2) is 10.6. The Hall–Kier alpha value is -4.24. The molecule has 180 valence electrons. The van der Waals surface area contributed by atoms with Crippen LogP contribution in [0.1, 0.15) is 11.1 Å². The molecule has 0 unspecified atom stereocenters. The molecule has 5 rings (SSSR count). The van der Waals surface area contributed by atoms with E-state index in [1.165, 1.54) is 17.3 Å². The van der Waals surface area contributed by atoms with Crippen LogP contribution in [0.15, 0.2) is 96.7 Å². The average Bonchev–Trinajstić information content (AvgIpc) is 3.56. The number of amides is 1. The van der Waals surface area contributed by atoms with Crippen LogP contribution >= 0.6 is 11.8 Å². The highest BCUT2D eigenvalue weighted by atomic mass is 32.2. The van der Waals surface area contributed by atoms with Gasteiger partial charge in [0.25, 0.3) is 0 Å². The number of rotatable bonds is 8. The molecule has 9 heteroatoms. The summed E-state index contributed by atoms with van der Waals surface area (Å²) in [5, 5.41) is 13.9. The molecular formula is C27H25N7OS. The fourth-order valence-corrected chi connectivity index (χ4v) is 4.63. The van der Waals surface area contributed by atoms with Crippen molar-refractivity contribution >= 4 is 17.7 Å². The number of hydrogen-bond donors (Lipinski definition) is 0. The topological polar surface area (TPSA) is 81.7 Å². The number of carbonyl (C=O) groups is 1. The van der Waals surface area contributed by atoms with Crippen LogP contribution in [0.2, 0.25) is 0 Å². The molecule has 0 saturated heterocycles. The van der Waals surface area contributed by atoms with Gasteiger partial charge in [0.05, 0.1) is 17.6 Å². The molecule has 1 amide bonds. The van der Waals surface area contributed by atoms with Crippen molar-refractivity contribution in [1.82, 2.24) is 34.4 Å². The molecule has 5 aromatic rings. The highest BCUT2D eigenvalue weighted by Crippen LogP contribution is 2.28. The van der Waals surface area contributed by atoms with Gasteiger partial charge in [-0.25, -0.2) is 4.68 Å². The lowest BCUT2D eigenvalue weighted by Crippen LogP contribution is -2.27. The Kier molecular flexibility index (Phi) is 6.90. The Balaban J connectivity index is 1.30. The number of aryl methyl sites for hydroxylation is 1. The van der Waals surface area contributed by atoms with Gasteiger partial charge in [0.15, 0.2) is 11.0 Å². The number of aromatic nitrogens is 6. The zero-order chi connectivity index (χ0) is 24.9. The maximum absolute atomic E-state index is 13.0. The van der Waals surface area contributed by atoms with Crippen molar-refractivity contribution in [3.8, 4) is 22.8 Å². The van der Waals surface area contributed by atoms with Gasteiger partial charge in [-0.2, -0.15) is 5.10 Å². The van der Waals surface area contributed by atoms with Crippen molar-refractivity contribution in [3.63, 3.8) is 0 Å². The first-order valence-electron chi connectivity index (χ1n) is 11.5. The standard InChI is InChI=1S/C27H25N7OS/c1-20-8-10-24(11-9-20)34-26(22-12-14-28-15-13-22)30-31-27(34)36-19-25(35)32(2)17-21-16-29-33(18-21)23-6-4-3-5-7-23/h3-16,18H,17,19H2,1-2H3. The summed E-state index contributed by atoms with van der Waals surface area (Å²) in [6.07, 6.45) is 7.20. The van der Waals surface area contributed by atoms with E-state index in [2.05, 4.69) is 32.4 Å². The molecule has 2 aromatic carbocycles. The molecule has 0 atom stereocenters. The van der Waals surface area contributed by atoms with Crippen LogP contribution in [-0.2, 0) is 11.3 Å². The smallest absolute Gasteiger partial charge is 0.233 e. The molecular weight excluding hydrogens is 470 g/mol. The lowest BCUT2D eigenvalue weighted by atomic mass is 10.2. The quantitative estimate of drug-likeness (QED) is 0.293. The molecule has 36 heavy (non-hydrogen) atoms. The fourth-order valence-electron chi connectivity index (χ4n) is 3.74. The number of benzene rings is 2. The molecule has 8 nitrogen and oxygen atoms in total.